The average Bonchev–Trinajstić information content (AvgIpc) is 2.47. The Morgan fingerprint density at radius 2 is 1.68 bits per heavy atom. The number of aliphatic carboxylic acids is 1. The van der Waals surface area contributed by atoms with Crippen LogP contribution in [0.5, 0.6) is 0 Å². The Bertz CT molecular complexity index is 671. The molecule has 4 nitrogen and oxygen atoms in total. The summed E-state index contributed by atoms with van der Waals surface area (Å²) in [7, 11) is 0. The maximum Gasteiger partial charge on any atom is 0.251 e. The van der Waals surface area contributed by atoms with Gasteiger partial charge in [0, 0.05) is 23.0 Å². The Balaban J connectivity index is 2.19. The molecule has 1 atom stereocenters. The second-order valence-electron chi connectivity index (χ2n) is 4.66. The van der Waals surface area contributed by atoms with Crippen molar-refractivity contribution in [2.75, 3.05) is 0 Å². The van der Waals surface area contributed by atoms with Crippen molar-refractivity contribution in [2.24, 2.45) is 0 Å². The maximum absolute atomic E-state index is 12.9. The van der Waals surface area contributed by atoms with Crippen molar-refractivity contribution in [1.29, 1.82) is 0 Å². The second-order valence-corrected chi connectivity index (χ2v) is 5.10. The van der Waals surface area contributed by atoms with Gasteiger partial charge in [-0.15, -0.1) is 0 Å². The number of benzene rings is 2. The Kier molecular flexibility index (Phi) is 5.12. The molecule has 22 heavy (non-hydrogen) atoms. The average molecular weight is 321 g/mol. The number of hydrogen-bond acceptors (Lipinski definition) is 3. The number of halogens is 2. The number of carboxylic acids is 1. The Labute approximate surface area is 131 Å². The molecule has 0 fully saturated rings. The first kappa shape index (κ1) is 16.0. The highest BCUT2D eigenvalue weighted by molar-refractivity contribution is 6.30. The molecule has 2 aromatic rings. The molecule has 114 valence electrons. The molecule has 6 heteroatoms. The van der Waals surface area contributed by atoms with E-state index in [0.717, 1.165) is 12.1 Å². The van der Waals surface area contributed by atoms with Crippen LogP contribution in [0.15, 0.2) is 48.5 Å². The van der Waals surface area contributed by atoms with Gasteiger partial charge in [-0.1, -0.05) is 23.7 Å². The predicted octanol–water partition coefficient (Wildman–Crippen LogP) is 2.09. The Hall–Kier alpha value is -2.40. The van der Waals surface area contributed by atoms with E-state index in [9.17, 15) is 19.1 Å². The molecule has 0 unspecified atom stereocenters. The van der Waals surface area contributed by atoms with Crippen LogP contribution in [0.2, 0.25) is 5.02 Å². The highest BCUT2D eigenvalue weighted by Gasteiger charge is 2.16. The lowest BCUT2D eigenvalue weighted by molar-refractivity contribution is -0.306. The summed E-state index contributed by atoms with van der Waals surface area (Å²) < 4.78 is 12.9. The lowest BCUT2D eigenvalue weighted by Gasteiger charge is -2.20. The number of carbonyl (C=O) groups excluding carboxylic acids is 2. The molecule has 0 spiro atoms. The second kappa shape index (κ2) is 7.04. The molecule has 0 saturated carbocycles. The van der Waals surface area contributed by atoms with Gasteiger partial charge in [0.1, 0.15) is 5.82 Å². The fourth-order valence-corrected chi connectivity index (χ4v) is 2.08. The number of amides is 1. The molecule has 0 aliphatic rings. The Morgan fingerprint density at radius 1 is 1.09 bits per heavy atom. The summed E-state index contributed by atoms with van der Waals surface area (Å²) >= 11 is 5.79. The van der Waals surface area contributed by atoms with Crippen molar-refractivity contribution in [1.82, 2.24) is 5.32 Å². The third kappa shape index (κ3) is 4.30. The van der Waals surface area contributed by atoms with Crippen LogP contribution < -0.4 is 10.4 Å². The largest absolute Gasteiger partial charge is 0.550 e. The van der Waals surface area contributed by atoms with Crippen molar-refractivity contribution in [3.05, 3.63) is 70.5 Å². The number of carboxylic acid groups (broad SMARTS) is 1. The maximum atomic E-state index is 12.9. The van der Waals surface area contributed by atoms with Gasteiger partial charge in [-0.2, -0.15) is 0 Å². The first-order valence-corrected chi connectivity index (χ1v) is 6.85. The van der Waals surface area contributed by atoms with E-state index >= 15 is 0 Å². The zero-order valence-electron chi connectivity index (χ0n) is 11.4. The summed E-state index contributed by atoms with van der Waals surface area (Å²) in [6.45, 7) is 0. The third-order valence-electron chi connectivity index (χ3n) is 3.05. The molecule has 0 bridgehead atoms. The van der Waals surface area contributed by atoms with Gasteiger partial charge in [0.05, 0.1) is 6.04 Å². The van der Waals surface area contributed by atoms with Gasteiger partial charge in [-0.05, 0) is 42.0 Å². The lowest BCUT2D eigenvalue weighted by atomic mass is 10.0. The first-order valence-electron chi connectivity index (χ1n) is 6.47. The van der Waals surface area contributed by atoms with E-state index in [-0.39, 0.29) is 12.0 Å². The van der Waals surface area contributed by atoms with Crippen LogP contribution in [-0.2, 0) is 4.79 Å². The minimum Gasteiger partial charge on any atom is -0.550 e. The van der Waals surface area contributed by atoms with E-state index in [1.807, 2.05) is 0 Å². The van der Waals surface area contributed by atoms with Crippen LogP contribution in [0.25, 0.3) is 0 Å². The molecule has 0 radical (unpaired) electrons. The standard InChI is InChI=1S/C16H13ClFNO3/c17-12-5-1-10(2-6-12)14(9-15(20)21)19-16(22)11-3-7-13(18)8-4-11/h1-8,14H,9H2,(H,19,22)(H,20,21)/p-1/t14-/m0/s1. The zero-order chi connectivity index (χ0) is 16.1. The van der Waals surface area contributed by atoms with Gasteiger partial charge in [-0.25, -0.2) is 4.39 Å². The van der Waals surface area contributed by atoms with Crippen LogP contribution >= 0.6 is 11.6 Å². The van der Waals surface area contributed by atoms with E-state index in [0.29, 0.717) is 10.6 Å². The zero-order valence-corrected chi connectivity index (χ0v) is 12.1. The first-order chi connectivity index (χ1) is 10.5. The predicted molar refractivity (Wildman–Crippen MR) is 77.7 cm³/mol. The summed E-state index contributed by atoms with van der Waals surface area (Å²) in [4.78, 5) is 23.0. The van der Waals surface area contributed by atoms with E-state index < -0.39 is 23.7 Å². The van der Waals surface area contributed by atoms with Gasteiger partial charge in [0.15, 0.2) is 0 Å². The number of carbonyl (C=O) groups is 2. The van der Waals surface area contributed by atoms with Crippen LogP contribution in [-0.4, -0.2) is 11.9 Å². The topological polar surface area (TPSA) is 69.2 Å². The van der Waals surface area contributed by atoms with E-state index in [4.69, 9.17) is 11.6 Å². The van der Waals surface area contributed by atoms with E-state index in [1.54, 1.807) is 24.3 Å². The fourth-order valence-electron chi connectivity index (χ4n) is 1.96. The number of rotatable bonds is 5. The third-order valence-corrected chi connectivity index (χ3v) is 3.31. The molecule has 0 aliphatic heterocycles. The van der Waals surface area contributed by atoms with Gasteiger partial charge in [0.2, 0.25) is 0 Å². The molecule has 0 heterocycles. The highest BCUT2D eigenvalue weighted by Crippen LogP contribution is 2.20. The molecule has 1 amide bonds. The molecule has 0 aromatic heterocycles. The molecule has 2 aromatic carbocycles. The minimum absolute atomic E-state index is 0.235. The van der Waals surface area contributed by atoms with E-state index in [1.165, 1.54) is 12.1 Å². The van der Waals surface area contributed by atoms with Crippen LogP contribution in [0.1, 0.15) is 28.4 Å². The van der Waals surface area contributed by atoms with Crippen molar-refractivity contribution in [2.45, 2.75) is 12.5 Å². The normalized spacial score (nSPS) is 11.7. The van der Waals surface area contributed by atoms with Crippen molar-refractivity contribution < 1.29 is 19.1 Å². The van der Waals surface area contributed by atoms with Crippen molar-refractivity contribution in [3.63, 3.8) is 0 Å². The molecular weight excluding hydrogens is 309 g/mol. The summed E-state index contributed by atoms with van der Waals surface area (Å²) in [5.74, 6) is -2.25. The van der Waals surface area contributed by atoms with Crippen molar-refractivity contribution in [3.8, 4) is 0 Å². The van der Waals surface area contributed by atoms with Gasteiger partial charge in [0.25, 0.3) is 5.91 Å². The monoisotopic (exact) mass is 320 g/mol. The van der Waals surface area contributed by atoms with Gasteiger partial charge >= 0.3 is 0 Å². The SMILES string of the molecule is O=C([O-])C[C@H](NC(=O)c1ccc(F)cc1)c1ccc(Cl)cc1. The smallest absolute Gasteiger partial charge is 0.251 e. The minimum atomic E-state index is -1.29. The van der Waals surface area contributed by atoms with Gasteiger partial charge < -0.3 is 15.2 Å². The molecule has 1 N–H and O–H groups in total. The quantitative estimate of drug-likeness (QED) is 0.917. The van der Waals surface area contributed by atoms with Crippen LogP contribution in [0, 0.1) is 5.82 Å². The Morgan fingerprint density at radius 3 is 2.23 bits per heavy atom. The molecule has 2 rings (SSSR count). The summed E-state index contributed by atoms with van der Waals surface area (Å²) in [5, 5.41) is 14.0. The summed E-state index contributed by atoms with van der Waals surface area (Å²) in [6, 6.07) is 10.6. The lowest BCUT2D eigenvalue weighted by Crippen LogP contribution is -2.34. The summed E-state index contributed by atoms with van der Waals surface area (Å²) in [5.41, 5.74) is 0.822. The molecule has 0 aliphatic carbocycles. The van der Waals surface area contributed by atoms with Crippen LogP contribution in [0.3, 0.4) is 0 Å². The van der Waals surface area contributed by atoms with E-state index in [2.05, 4.69) is 5.32 Å². The van der Waals surface area contributed by atoms with Crippen LogP contribution in [0.4, 0.5) is 4.39 Å². The molecular formula is C16H12ClFNO3-. The van der Waals surface area contributed by atoms with Crippen molar-refractivity contribution >= 4 is 23.5 Å². The molecule has 0 saturated heterocycles. The van der Waals surface area contributed by atoms with Gasteiger partial charge in [-0.3, -0.25) is 4.79 Å². The highest BCUT2D eigenvalue weighted by atomic mass is 35.5. The summed E-state index contributed by atoms with van der Waals surface area (Å²) in [6.07, 6.45) is -0.380. The number of nitrogens with one attached hydrogen (secondary N) is 1. The number of hydrogen-bond donors (Lipinski definition) is 1. The fraction of sp³-hybridized carbons (Fsp3) is 0.125.